The Morgan fingerprint density at radius 1 is 1.26 bits per heavy atom. The number of aromatic nitrogens is 2. The number of hydrazone groups is 1. The third kappa shape index (κ3) is 5.55. The van der Waals surface area contributed by atoms with E-state index in [9.17, 15) is 18.3 Å². The molecule has 3 heterocycles. The van der Waals surface area contributed by atoms with Gasteiger partial charge in [0.2, 0.25) is 0 Å². The molecule has 2 atom stereocenters. The molecular formula is C22H24ClN5O6S. The molecule has 13 heteroatoms. The zero-order chi connectivity index (χ0) is 25.2. The van der Waals surface area contributed by atoms with Gasteiger partial charge in [0.05, 0.1) is 36.0 Å². The van der Waals surface area contributed by atoms with Gasteiger partial charge in [0.1, 0.15) is 30.6 Å². The zero-order valence-electron chi connectivity index (χ0n) is 19.0. The summed E-state index contributed by atoms with van der Waals surface area (Å²) in [5, 5.41) is 16.4. The fraction of sp³-hybridized carbons (Fsp3) is 0.364. The van der Waals surface area contributed by atoms with Crippen LogP contribution in [0.3, 0.4) is 0 Å². The van der Waals surface area contributed by atoms with Crippen molar-refractivity contribution in [2.75, 3.05) is 36.7 Å². The van der Waals surface area contributed by atoms with Crippen molar-refractivity contribution in [3.05, 3.63) is 53.2 Å². The Morgan fingerprint density at radius 3 is 2.69 bits per heavy atom. The van der Waals surface area contributed by atoms with Gasteiger partial charge in [-0.1, -0.05) is 18.5 Å². The lowest BCUT2D eigenvalue weighted by Crippen LogP contribution is -2.39. The minimum atomic E-state index is -3.34. The molecule has 0 bridgehead atoms. The molecule has 4 rings (SSSR count). The van der Waals surface area contributed by atoms with Crippen molar-refractivity contribution >= 4 is 39.4 Å². The number of aliphatic hydroxyl groups excluding tert-OH is 1. The molecule has 0 fully saturated rings. The Hall–Kier alpha value is -3.22. The molecule has 0 radical (unpaired) electrons. The zero-order valence-corrected chi connectivity index (χ0v) is 20.6. The van der Waals surface area contributed by atoms with Crippen LogP contribution in [0.1, 0.15) is 18.7 Å². The Kier molecular flexibility index (Phi) is 7.24. The summed E-state index contributed by atoms with van der Waals surface area (Å²) in [4.78, 5) is 23.0. The van der Waals surface area contributed by atoms with E-state index >= 15 is 0 Å². The molecular weight excluding hydrogens is 498 g/mol. The molecule has 0 saturated heterocycles. The third-order valence-corrected chi connectivity index (χ3v) is 7.43. The van der Waals surface area contributed by atoms with Gasteiger partial charge in [-0.15, -0.1) is 0 Å². The molecule has 0 aliphatic carbocycles. The topological polar surface area (TPSA) is 135 Å². The van der Waals surface area contributed by atoms with E-state index < -0.39 is 21.7 Å². The molecule has 11 nitrogen and oxygen atoms in total. The van der Waals surface area contributed by atoms with Crippen molar-refractivity contribution in [2.45, 2.75) is 18.9 Å². The number of rotatable bonds is 9. The van der Waals surface area contributed by atoms with Gasteiger partial charge in [-0.05, 0) is 18.2 Å². The lowest BCUT2D eigenvalue weighted by Gasteiger charge is -2.28. The summed E-state index contributed by atoms with van der Waals surface area (Å²) in [6, 6.07) is 4.82. The van der Waals surface area contributed by atoms with Crippen LogP contribution in [-0.2, 0) is 14.6 Å². The summed E-state index contributed by atoms with van der Waals surface area (Å²) in [5.41, 5.74) is 0.888. The van der Waals surface area contributed by atoms with E-state index in [1.165, 1.54) is 37.7 Å². The number of hydrogen-bond donors (Lipinski definition) is 1. The summed E-state index contributed by atoms with van der Waals surface area (Å²) in [6.45, 7) is 1.72. The van der Waals surface area contributed by atoms with Crippen molar-refractivity contribution in [2.24, 2.45) is 5.10 Å². The minimum Gasteiger partial charge on any atom is -0.493 e. The van der Waals surface area contributed by atoms with Crippen molar-refractivity contribution in [3.63, 3.8) is 0 Å². The molecule has 1 aromatic carbocycles. The smallest absolute Gasteiger partial charge is 0.281 e. The molecule has 186 valence electrons. The summed E-state index contributed by atoms with van der Waals surface area (Å²) < 4.78 is 34.3. The lowest BCUT2D eigenvalue weighted by atomic mass is 10.1. The second kappa shape index (κ2) is 10.2. The van der Waals surface area contributed by atoms with Gasteiger partial charge in [-0.3, -0.25) is 14.7 Å². The fourth-order valence-corrected chi connectivity index (χ4v) is 4.63. The molecule has 1 amide bonds. The Labute approximate surface area is 207 Å². The molecule has 2 aliphatic rings. The largest absolute Gasteiger partial charge is 0.493 e. The number of amides is 1. The van der Waals surface area contributed by atoms with Crippen molar-refractivity contribution < 1.29 is 27.8 Å². The van der Waals surface area contributed by atoms with Gasteiger partial charge < -0.3 is 14.6 Å². The predicted molar refractivity (Wildman–Crippen MR) is 129 cm³/mol. The summed E-state index contributed by atoms with van der Waals surface area (Å²) >= 11 is 5.86. The minimum absolute atomic E-state index is 0.0607. The number of methoxy groups -OCH3 is 1. The number of fused-ring (bicyclic) bond motifs is 1. The predicted octanol–water partition coefficient (Wildman–Crippen LogP) is 1.59. The quantitative estimate of drug-likeness (QED) is 0.521. The lowest BCUT2D eigenvalue weighted by molar-refractivity contribution is -0.115. The third-order valence-electron chi connectivity index (χ3n) is 5.47. The number of carbonyl (C=O) groups is 1. The first-order valence-electron chi connectivity index (χ1n) is 10.7. The monoisotopic (exact) mass is 521 g/mol. The number of halogens is 1. The number of anilines is 1. The number of nitrogens with zero attached hydrogens (tertiary/aromatic N) is 5. The maximum atomic E-state index is 13.2. The van der Waals surface area contributed by atoms with Gasteiger partial charge in [0.25, 0.3) is 5.91 Å². The van der Waals surface area contributed by atoms with Gasteiger partial charge in [0.15, 0.2) is 21.3 Å². The number of ether oxygens (including phenoxy) is 2. The first kappa shape index (κ1) is 24.9. The molecule has 0 saturated carbocycles. The molecule has 1 aromatic heterocycles. The highest BCUT2D eigenvalue weighted by molar-refractivity contribution is 7.91. The summed E-state index contributed by atoms with van der Waals surface area (Å²) in [6.07, 6.45) is 5.02. The summed E-state index contributed by atoms with van der Waals surface area (Å²) in [7, 11) is -1.90. The SMILES string of the molecule is CCS(=O)(=O)C[C@@H](O)COc1ccc(N2C=NN3CC(c4ncc(Cl)cn4)C=C3C2=O)cc1OC. The van der Waals surface area contributed by atoms with Crippen LogP contribution in [0.4, 0.5) is 5.69 Å². The van der Waals surface area contributed by atoms with Gasteiger partial charge >= 0.3 is 0 Å². The molecule has 1 N–H and O–H groups in total. The average molecular weight is 522 g/mol. The normalized spacial score (nSPS) is 18.3. The van der Waals surface area contributed by atoms with E-state index in [4.69, 9.17) is 21.1 Å². The van der Waals surface area contributed by atoms with Crippen LogP contribution in [-0.4, -0.2) is 78.6 Å². The Balaban J connectivity index is 1.48. The van der Waals surface area contributed by atoms with E-state index in [0.717, 1.165) is 0 Å². The van der Waals surface area contributed by atoms with E-state index in [-0.39, 0.29) is 24.2 Å². The second-order valence-electron chi connectivity index (χ2n) is 7.90. The number of aliphatic hydroxyl groups is 1. The Bertz CT molecular complexity index is 1270. The van der Waals surface area contributed by atoms with Gasteiger partial charge in [0, 0.05) is 24.2 Å². The fourth-order valence-electron chi connectivity index (χ4n) is 3.62. The number of sulfone groups is 1. The van der Waals surface area contributed by atoms with Gasteiger partial charge in [-0.2, -0.15) is 5.10 Å². The van der Waals surface area contributed by atoms with E-state index in [1.807, 2.05) is 0 Å². The van der Waals surface area contributed by atoms with Crippen LogP contribution in [0.25, 0.3) is 0 Å². The number of hydrogen-bond acceptors (Lipinski definition) is 10. The second-order valence-corrected chi connectivity index (χ2v) is 10.7. The first-order valence-corrected chi connectivity index (χ1v) is 12.9. The number of benzene rings is 1. The first-order chi connectivity index (χ1) is 16.7. The highest BCUT2D eigenvalue weighted by Crippen LogP contribution is 2.35. The van der Waals surface area contributed by atoms with Crippen molar-refractivity contribution in [3.8, 4) is 11.5 Å². The maximum Gasteiger partial charge on any atom is 0.281 e. The number of carbonyl (C=O) groups excluding carboxylic acids is 1. The maximum absolute atomic E-state index is 13.2. The van der Waals surface area contributed by atoms with Crippen molar-refractivity contribution in [1.29, 1.82) is 0 Å². The van der Waals surface area contributed by atoms with Crippen molar-refractivity contribution in [1.82, 2.24) is 15.0 Å². The van der Waals surface area contributed by atoms with Crippen LogP contribution in [0.2, 0.25) is 5.02 Å². The Morgan fingerprint density at radius 2 is 2.00 bits per heavy atom. The van der Waals surface area contributed by atoms with Crippen LogP contribution in [0, 0.1) is 0 Å². The highest BCUT2D eigenvalue weighted by Gasteiger charge is 2.36. The van der Waals surface area contributed by atoms with Crippen LogP contribution in [0.5, 0.6) is 11.5 Å². The van der Waals surface area contributed by atoms with E-state index in [2.05, 4.69) is 15.1 Å². The van der Waals surface area contributed by atoms with Gasteiger partial charge in [-0.25, -0.2) is 18.4 Å². The highest BCUT2D eigenvalue weighted by atomic mass is 35.5. The average Bonchev–Trinajstić information content (AvgIpc) is 3.28. The molecule has 2 aliphatic heterocycles. The van der Waals surface area contributed by atoms with Crippen LogP contribution >= 0.6 is 11.6 Å². The molecule has 35 heavy (non-hydrogen) atoms. The molecule has 0 spiro atoms. The standard InChI is InChI=1S/C22H24ClN5O6S/c1-3-35(31,32)12-17(29)11-34-19-5-4-16(7-20(19)33-2)27-13-26-28-10-14(6-18(28)22(27)30)21-24-8-15(23)9-25-21/h4-9,13-14,17,29H,3,10-12H2,1-2H3/t14?,17-/m0/s1. The summed E-state index contributed by atoms with van der Waals surface area (Å²) in [5.74, 6) is 0.203. The molecule has 2 aromatic rings. The molecule has 1 unspecified atom stereocenters. The van der Waals surface area contributed by atoms with Crippen LogP contribution in [0.15, 0.2) is 47.5 Å². The van der Waals surface area contributed by atoms with Crippen LogP contribution < -0.4 is 14.4 Å². The van der Waals surface area contributed by atoms with E-state index in [1.54, 1.807) is 29.3 Å². The van der Waals surface area contributed by atoms with E-state index in [0.29, 0.717) is 40.3 Å².